The van der Waals surface area contributed by atoms with Crippen LogP contribution in [0.5, 0.6) is 0 Å². The summed E-state index contributed by atoms with van der Waals surface area (Å²) in [5.41, 5.74) is 26.2. The summed E-state index contributed by atoms with van der Waals surface area (Å²) in [6.45, 7) is 0. The molecule has 0 unspecified atom stereocenters. The summed E-state index contributed by atoms with van der Waals surface area (Å²) in [5, 5.41) is 8.58. The van der Waals surface area contributed by atoms with Crippen LogP contribution in [0.2, 0.25) is 0 Å². The van der Waals surface area contributed by atoms with Gasteiger partial charge >= 0.3 is 5.97 Å². The minimum absolute atomic E-state index is 0.137. The van der Waals surface area contributed by atoms with Gasteiger partial charge in [-0.1, -0.05) is 0 Å². The first-order valence-corrected chi connectivity index (χ1v) is 4.98. The van der Waals surface area contributed by atoms with Gasteiger partial charge in [-0.3, -0.25) is 4.79 Å². The molecule has 11 N–H and O–H groups in total. The number of guanidine groups is 2. The highest BCUT2D eigenvalue weighted by Gasteiger charge is 2.12. The minimum atomic E-state index is -1.05. The third-order valence-electron chi connectivity index (χ3n) is 1.89. The monoisotopic (exact) mass is 245 g/mol. The smallest absolute Gasteiger partial charge is 0.320 e. The fraction of sp³-hybridized carbons (Fsp3) is 0.625. The topological polar surface area (TPSA) is 192 Å². The highest BCUT2D eigenvalue weighted by atomic mass is 16.4. The molecule has 0 aliphatic carbocycles. The van der Waals surface area contributed by atoms with Gasteiger partial charge in [-0.2, -0.15) is 0 Å². The molecule has 0 bridgehead atoms. The van der Waals surface area contributed by atoms with E-state index in [1.54, 1.807) is 0 Å². The molecule has 17 heavy (non-hydrogen) atoms. The number of hydrogen-bond donors (Lipinski definition) is 6. The lowest BCUT2D eigenvalue weighted by molar-refractivity contribution is -0.138. The first-order chi connectivity index (χ1) is 7.82. The highest BCUT2D eigenvalue weighted by Crippen LogP contribution is 2.07. The van der Waals surface area contributed by atoms with Crippen molar-refractivity contribution in [3.05, 3.63) is 0 Å². The van der Waals surface area contributed by atoms with E-state index in [4.69, 9.17) is 33.8 Å². The molecule has 0 fully saturated rings. The van der Waals surface area contributed by atoms with Crippen LogP contribution >= 0.6 is 0 Å². The van der Waals surface area contributed by atoms with Crippen LogP contribution in [-0.4, -0.2) is 35.2 Å². The standard InChI is InChI=1S/C8H19N7O2/c9-4(6(16)17)2-1-3-5(14-7(10)11)15-8(12)13/h4-5H,1-3,9H2,(H,16,17)(H4,10,11,14)(H4,12,13,15)/t4-/m0/s1. The van der Waals surface area contributed by atoms with E-state index in [0.717, 1.165) is 0 Å². The first-order valence-electron chi connectivity index (χ1n) is 4.98. The maximum absolute atomic E-state index is 10.5. The second kappa shape index (κ2) is 7.28. The van der Waals surface area contributed by atoms with Crippen molar-refractivity contribution in [3.8, 4) is 0 Å². The van der Waals surface area contributed by atoms with Crippen molar-refractivity contribution >= 4 is 17.9 Å². The predicted molar refractivity (Wildman–Crippen MR) is 64.9 cm³/mol. The Morgan fingerprint density at radius 2 is 1.53 bits per heavy atom. The summed E-state index contributed by atoms with van der Waals surface area (Å²) in [5.74, 6) is -1.32. The Kier molecular flexibility index (Phi) is 6.41. The Balaban J connectivity index is 4.23. The molecule has 0 amide bonds. The van der Waals surface area contributed by atoms with Crippen molar-refractivity contribution in [3.63, 3.8) is 0 Å². The number of carboxylic acids is 1. The number of rotatable bonds is 7. The zero-order valence-corrected chi connectivity index (χ0v) is 9.41. The molecule has 98 valence electrons. The van der Waals surface area contributed by atoms with Crippen molar-refractivity contribution in [1.29, 1.82) is 0 Å². The molecule has 0 aromatic carbocycles. The number of carbonyl (C=O) groups is 1. The molecule has 0 aliphatic heterocycles. The zero-order chi connectivity index (χ0) is 13.4. The maximum atomic E-state index is 10.5. The average molecular weight is 245 g/mol. The van der Waals surface area contributed by atoms with Gasteiger partial charge in [0.2, 0.25) is 0 Å². The SMILES string of the molecule is NC(N)=NC(CCC[C@H](N)C(=O)O)N=C(N)N. The van der Waals surface area contributed by atoms with Crippen molar-refractivity contribution in [2.45, 2.75) is 31.5 Å². The van der Waals surface area contributed by atoms with E-state index in [2.05, 4.69) is 9.98 Å². The number of aliphatic imine (C=N–C) groups is 2. The summed E-state index contributed by atoms with van der Waals surface area (Å²) in [4.78, 5) is 18.1. The molecular weight excluding hydrogens is 226 g/mol. The van der Waals surface area contributed by atoms with Gasteiger partial charge in [-0.25, -0.2) is 9.98 Å². The maximum Gasteiger partial charge on any atom is 0.320 e. The number of hydrogen-bond acceptors (Lipinski definition) is 4. The van der Waals surface area contributed by atoms with E-state index in [0.29, 0.717) is 19.3 Å². The second-order valence-corrected chi connectivity index (χ2v) is 3.46. The minimum Gasteiger partial charge on any atom is -0.480 e. The van der Waals surface area contributed by atoms with Crippen molar-refractivity contribution < 1.29 is 9.90 Å². The molecular formula is C8H19N7O2. The van der Waals surface area contributed by atoms with E-state index >= 15 is 0 Å². The van der Waals surface area contributed by atoms with Crippen LogP contribution in [0.3, 0.4) is 0 Å². The molecule has 0 aromatic heterocycles. The zero-order valence-electron chi connectivity index (χ0n) is 9.41. The van der Waals surface area contributed by atoms with Crippen molar-refractivity contribution in [2.75, 3.05) is 0 Å². The van der Waals surface area contributed by atoms with E-state index in [1.165, 1.54) is 0 Å². The summed E-state index contributed by atoms with van der Waals surface area (Å²) in [6, 6.07) is -0.908. The van der Waals surface area contributed by atoms with Crippen LogP contribution < -0.4 is 28.7 Å². The van der Waals surface area contributed by atoms with E-state index in [1.807, 2.05) is 0 Å². The second-order valence-electron chi connectivity index (χ2n) is 3.46. The number of nitrogens with zero attached hydrogens (tertiary/aromatic N) is 2. The van der Waals surface area contributed by atoms with Crippen LogP contribution in [-0.2, 0) is 4.79 Å². The Bertz CT molecular complexity index is 289. The predicted octanol–water partition coefficient (Wildman–Crippen LogP) is -2.56. The summed E-state index contributed by atoms with van der Waals surface area (Å²) in [6.07, 6.45) is 0.597. The van der Waals surface area contributed by atoms with Gasteiger partial charge < -0.3 is 33.8 Å². The van der Waals surface area contributed by atoms with Gasteiger partial charge in [0.05, 0.1) is 0 Å². The summed E-state index contributed by atoms with van der Waals surface area (Å²) in [7, 11) is 0. The fourth-order valence-electron chi connectivity index (χ4n) is 1.15. The highest BCUT2D eigenvalue weighted by molar-refractivity contribution is 5.77. The van der Waals surface area contributed by atoms with Gasteiger partial charge in [0.25, 0.3) is 0 Å². The quantitative estimate of drug-likeness (QED) is 0.210. The molecule has 1 atom stereocenters. The third kappa shape index (κ3) is 7.85. The van der Waals surface area contributed by atoms with E-state index in [9.17, 15) is 4.79 Å². The van der Waals surface area contributed by atoms with E-state index < -0.39 is 18.2 Å². The van der Waals surface area contributed by atoms with Crippen LogP contribution in [0.25, 0.3) is 0 Å². The Labute approximate surface area is 98.7 Å². The lowest BCUT2D eigenvalue weighted by Gasteiger charge is -2.10. The van der Waals surface area contributed by atoms with Crippen molar-refractivity contribution in [1.82, 2.24) is 0 Å². The van der Waals surface area contributed by atoms with Gasteiger partial charge in [-0.15, -0.1) is 0 Å². The Morgan fingerprint density at radius 3 is 1.88 bits per heavy atom. The number of nitrogens with two attached hydrogens (primary N) is 5. The van der Waals surface area contributed by atoms with Gasteiger partial charge in [0.15, 0.2) is 11.9 Å². The third-order valence-corrected chi connectivity index (χ3v) is 1.89. The molecule has 0 spiro atoms. The van der Waals surface area contributed by atoms with Crippen LogP contribution in [0.4, 0.5) is 0 Å². The van der Waals surface area contributed by atoms with Crippen LogP contribution in [0.1, 0.15) is 19.3 Å². The molecule has 0 saturated carbocycles. The van der Waals surface area contributed by atoms with Gasteiger partial charge in [0, 0.05) is 0 Å². The molecule has 9 nitrogen and oxygen atoms in total. The molecule has 0 aromatic rings. The molecule has 0 saturated heterocycles. The van der Waals surface area contributed by atoms with Crippen LogP contribution in [0.15, 0.2) is 9.98 Å². The number of aliphatic carboxylic acids is 1. The molecule has 0 aliphatic rings. The van der Waals surface area contributed by atoms with Gasteiger partial charge in [0.1, 0.15) is 12.2 Å². The summed E-state index contributed by atoms with van der Waals surface area (Å²) >= 11 is 0. The Morgan fingerprint density at radius 1 is 1.06 bits per heavy atom. The lowest BCUT2D eigenvalue weighted by Crippen LogP contribution is -2.31. The first kappa shape index (κ1) is 15.0. The normalized spacial score (nSPS) is 11.9. The molecule has 0 rings (SSSR count). The largest absolute Gasteiger partial charge is 0.480 e. The molecule has 9 heteroatoms. The summed E-state index contributed by atoms with van der Waals surface area (Å²) < 4.78 is 0. The fourth-order valence-corrected chi connectivity index (χ4v) is 1.15. The Hall–Kier alpha value is -2.03. The molecule has 0 radical (unpaired) electrons. The van der Waals surface area contributed by atoms with E-state index in [-0.39, 0.29) is 11.9 Å². The van der Waals surface area contributed by atoms with Crippen molar-refractivity contribution in [2.24, 2.45) is 38.7 Å². The number of carboxylic acid groups (broad SMARTS) is 1. The lowest BCUT2D eigenvalue weighted by atomic mass is 10.1. The average Bonchev–Trinajstić information content (AvgIpc) is 2.14. The molecule has 0 heterocycles. The van der Waals surface area contributed by atoms with Gasteiger partial charge in [-0.05, 0) is 19.3 Å². The van der Waals surface area contributed by atoms with Crippen LogP contribution in [0, 0.1) is 0 Å².